The number of anilines is 1. The summed E-state index contributed by atoms with van der Waals surface area (Å²) in [6.45, 7) is 9.86. The predicted molar refractivity (Wildman–Crippen MR) is 90.9 cm³/mol. The van der Waals surface area contributed by atoms with Crippen LogP contribution >= 0.6 is 0 Å². The summed E-state index contributed by atoms with van der Waals surface area (Å²) >= 11 is 0. The molecule has 0 aromatic heterocycles. The number of carbonyl (C=O) groups is 1. The van der Waals surface area contributed by atoms with Crippen LogP contribution in [0.1, 0.15) is 50.2 Å². The summed E-state index contributed by atoms with van der Waals surface area (Å²) in [7, 11) is 0. The van der Waals surface area contributed by atoms with Gasteiger partial charge in [-0.15, -0.1) is 0 Å². The molecule has 1 aliphatic carbocycles. The average Bonchev–Trinajstić information content (AvgIpc) is 2.92. The Morgan fingerprint density at radius 1 is 1.13 bits per heavy atom. The van der Waals surface area contributed by atoms with E-state index < -0.39 is 0 Å². The molecule has 3 nitrogen and oxygen atoms in total. The van der Waals surface area contributed by atoms with Crippen LogP contribution in [0.2, 0.25) is 0 Å². The molecule has 2 fully saturated rings. The van der Waals surface area contributed by atoms with Gasteiger partial charge in [-0.25, -0.2) is 0 Å². The molecule has 0 unspecified atom stereocenters. The molecule has 1 aromatic rings. The summed E-state index contributed by atoms with van der Waals surface area (Å²) in [5, 5.41) is 3.30. The number of aryl methyl sites for hydroxylation is 2. The van der Waals surface area contributed by atoms with Crippen molar-refractivity contribution in [1.29, 1.82) is 0 Å². The first kappa shape index (κ1) is 19.1. The second kappa shape index (κ2) is 7.33. The molecule has 4 heteroatoms. The van der Waals surface area contributed by atoms with E-state index in [-0.39, 0.29) is 44.2 Å². The monoisotopic (exact) mass is 390 g/mol. The van der Waals surface area contributed by atoms with Crippen LogP contribution in [0, 0.1) is 13.8 Å². The Labute approximate surface area is 165 Å². The molecule has 0 spiro atoms. The third kappa shape index (κ3) is 3.05. The van der Waals surface area contributed by atoms with E-state index in [2.05, 4.69) is 44.3 Å². The van der Waals surface area contributed by atoms with Gasteiger partial charge in [0.25, 0.3) is 5.91 Å². The Hall–Kier alpha value is -0.246. The van der Waals surface area contributed by atoms with Crippen molar-refractivity contribution >= 4 is 11.6 Å². The molecule has 1 saturated heterocycles. The van der Waals surface area contributed by atoms with Crippen LogP contribution in [-0.2, 0) is 37.5 Å². The zero-order chi connectivity index (χ0) is 15.8. The van der Waals surface area contributed by atoms with E-state index in [0.29, 0.717) is 0 Å². The number of hydrogen-bond acceptors (Lipinski definition) is 1. The number of quaternary nitrogens is 1. The normalized spacial score (nSPS) is 21.2. The smallest absolute Gasteiger partial charge is 0.285 e. The van der Waals surface area contributed by atoms with Crippen molar-refractivity contribution in [3.8, 4) is 0 Å². The zero-order valence-corrected chi connectivity index (χ0v) is 17.7. The molecule has 1 aliphatic heterocycles. The molecule has 0 atom stereocenters. The number of amides is 1. The Morgan fingerprint density at radius 3 is 2.13 bits per heavy atom. The number of likely N-dealkylation sites (tertiary alicyclic amines) is 1. The molecule has 1 N–H and O–H groups in total. The molecule has 2 aliphatic rings. The molecule has 1 heterocycles. The van der Waals surface area contributed by atoms with Crippen LogP contribution in [0.15, 0.2) is 18.2 Å². The van der Waals surface area contributed by atoms with E-state index >= 15 is 0 Å². The van der Waals surface area contributed by atoms with E-state index in [4.69, 9.17) is 0 Å². The standard InChI is InChI=1S/C19H28N2O.Y/c1-4-21(13-5-6-14-21)19(11-8-12-19)18(22)20-17-15(2)9-7-10-16(17)3;/h7,9-10H,4-6,8,11-14H2,1-3H3;/p+1. The summed E-state index contributed by atoms with van der Waals surface area (Å²) < 4.78 is 1.02. The quantitative estimate of drug-likeness (QED) is 0.779. The molecule has 23 heavy (non-hydrogen) atoms. The third-order valence-electron chi connectivity index (χ3n) is 6.26. The number of likely N-dealkylation sites (N-methyl/N-ethyl adjacent to an activating group) is 1. The topological polar surface area (TPSA) is 29.1 Å². The van der Waals surface area contributed by atoms with E-state index in [1.165, 1.54) is 32.4 Å². The van der Waals surface area contributed by atoms with E-state index in [9.17, 15) is 4.79 Å². The van der Waals surface area contributed by atoms with Gasteiger partial charge in [0.2, 0.25) is 0 Å². The zero-order valence-electron chi connectivity index (χ0n) is 14.8. The van der Waals surface area contributed by atoms with Gasteiger partial charge in [-0.05, 0) is 38.3 Å². The Bertz CT molecular complexity index is 554. The predicted octanol–water partition coefficient (Wildman–Crippen LogP) is 3.79. The minimum Gasteiger partial charge on any atom is -0.320 e. The average molecular weight is 390 g/mol. The minimum atomic E-state index is -0.167. The number of para-hydroxylation sites is 1. The van der Waals surface area contributed by atoms with E-state index in [1.807, 2.05) is 0 Å². The summed E-state index contributed by atoms with van der Waals surface area (Å²) in [6, 6.07) is 6.21. The van der Waals surface area contributed by atoms with Gasteiger partial charge in [0.05, 0.1) is 19.6 Å². The first-order valence-corrected chi connectivity index (χ1v) is 8.78. The molecular formula is C19H29N2OY+. The fourth-order valence-corrected chi connectivity index (χ4v) is 4.66. The van der Waals surface area contributed by atoms with Crippen LogP contribution in [0.5, 0.6) is 0 Å². The second-order valence-corrected chi connectivity index (χ2v) is 7.22. The first-order valence-electron chi connectivity index (χ1n) is 8.78. The maximum atomic E-state index is 13.2. The van der Waals surface area contributed by atoms with Gasteiger partial charge in [0, 0.05) is 64.1 Å². The number of carbonyl (C=O) groups excluding carboxylic acids is 1. The molecular weight excluding hydrogens is 361 g/mol. The van der Waals surface area contributed by atoms with Crippen LogP contribution in [0.4, 0.5) is 5.69 Å². The summed E-state index contributed by atoms with van der Waals surface area (Å²) in [5.74, 6) is 0.264. The molecule has 123 valence electrons. The Kier molecular flexibility index (Phi) is 6.08. The van der Waals surface area contributed by atoms with Gasteiger partial charge in [-0.3, -0.25) is 4.79 Å². The molecule has 1 radical (unpaired) electrons. The fourth-order valence-electron chi connectivity index (χ4n) is 4.66. The largest absolute Gasteiger partial charge is 0.320 e. The van der Waals surface area contributed by atoms with Crippen molar-refractivity contribution in [2.75, 3.05) is 25.0 Å². The number of benzene rings is 1. The van der Waals surface area contributed by atoms with E-state index in [1.54, 1.807) is 0 Å². The molecule has 3 rings (SSSR count). The number of nitrogens with one attached hydrogen (secondary N) is 1. The van der Waals surface area contributed by atoms with E-state index in [0.717, 1.165) is 40.7 Å². The second-order valence-electron chi connectivity index (χ2n) is 7.22. The summed E-state index contributed by atoms with van der Waals surface area (Å²) in [6.07, 6.45) is 5.84. The van der Waals surface area contributed by atoms with Crippen molar-refractivity contribution in [2.24, 2.45) is 0 Å². The first-order chi connectivity index (χ1) is 10.5. The number of hydrogen-bond donors (Lipinski definition) is 1. The Morgan fingerprint density at radius 2 is 1.70 bits per heavy atom. The van der Waals surface area contributed by atoms with Crippen molar-refractivity contribution in [1.82, 2.24) is 0 Å². The van der Waals surface area contributed by atoms with Gasteiger partial charge >= 0.3 is 0 Å². The molecule has 1 amide bonds. The van der Waals surface area contributed by atoms with Gasteiger partial charge in [0.1, 0.15) is 0 Å². The maximum absolute atomic E-state index is 13.2. The molecule has 0 bridgehead atoms. The van der Waals surface area contributed by atoms with Crippen molar-refractivity contribution in [3.05, 3.63) is 29.3 Å². The van der Waals surface area contributed by atoms with Crippen LogP contribution in [0.25, 0.3) is 0 Å². The summed E-state index contributed by atoms with van der Waals surface area (Å²) in [5.41, 5.74) is 3.17. The summed E-state index contributed by atoms with van der Waals surface area (Å²) in [4.78, 5) is 13.2. The van der Waals surface area contributed by atoms with Crippen molar-refractivity contribution in [2.45, 2.75) is 58.4 Å². The van der Waals surface area contributed by atoms with Crippen molar-refractivity contribution in [3.63, 3.8) is 0 Å². The molecule has 1 aromatic carbocycles. The van der Waals surface area contributed by atoms with Gasteiger partial charge in [-0.1, -0.05) is 18.2 Å². The maximum Gasteiger partial charge on any atom is 0.285 e. The number of nitrogens with zero attached hydrogens (tertiary/aromatic N) is 1. The van der Waals surface area contributed by atoms with Crippen LogP contribution < -0.4 is 5.32 Å². The van der Waals surface area contributed by atoms with Gasteiger partial charge in [-0.2, -0.15) is 0 Å². The SMILES string of the molecule is CC[N+]1(C2(C(=O)Nc3c(C)cccc3C)CCC2)CCCC1.[Y]. The van der Waals surface area contributed by atoms with Gasteiger partial charge < -0.3 is 9.80 Å². The van der Waals surface area contributed by atoms with Crippen LogP contribution in [0.3, 0.4) is 0 Å². The number of rotatable bonds is 4. The van der Waals surface area contributed by atoms with Crippen molar-refractivity contribution < 1.29 is 42.0 Å². The van der Waals surface area contributed by atoms with Crippen LogP contribution in [-0.4, -0.2) is 35.6 Å². The fraction of sp³-hybridized carbons (Fsp3) is 0.632. The Balaban J connectivity index is 0.00000192. The minimum absolute atomic E-state index is 0. The molecule has 1 saturated carbocycles. The van der Waals surface area contributed by atoms with Gasteiger partial charge in [0.15, 0.2) is 5.54 Å². The third-order valence-corrected chi connectivity index (χ3v) is 6.26.